The highest BCUT2D eigenvalue weighted by molar-refractivity contribution is 6.34. The van der Waals surface area contributed by atoms with E-state index in [1.54, 1.807) is 18.2 Å². The molecule has 0 spiro atoms. The summed E-state index contributed by atoms with van der Waals surface area (Å²) in [6, 6.07) is 12.1. The first-order valence-electron chi connectivity index (χ1n) is 5.45. The molecule has 0 bridgehead atoms. The van der Waals surface area contributed by atoms with Crippen LogP contribution in [0.15, 0.2) is 42.5 Å². The van der Waals surface area contributed by atoms with E-state index in [0.29, 0.717) is 11.1 Å². The van der Waals surface area contributed by atoms with Gasteiger partial charge in [0.25, 0.3) is 0 Å². The van der Waals surface area contributed by atoms with Gasteiger partial charge in [0.15, 0.2) is 0 Å². The Morgan fingerprint density at radius 3 is 2.45 bits per heavy atom. The Kier molecular flexibility index (Phi) is 3.86. The van der Waals surface area contributed by atoms with E-state index < -0.39 is 6.36 Å². The van der Waals surface area contributed by atoms with E-state index in [4.69, 9.17) is 16.9 Å². The molecule has 2 aromatic rings. The van der Waals surface area contributed by atoms with Crippen LogP contribution in [0.25, 0.3) is 11.1 Å². The molecule has 0 aliphatic heterocycles. The third kappa shape index (κ3) is 3.22. The molecule has 0 saturated heterocycles. The van der Waals surface area contributed by atoms with Crippen molar-refractivity contribution < 1.29 is 17.9 Å². The molecule has 0 heterocycles. The summed E-state index contributed by atoms with van der Waals surface area (Å²) in [5.41, 5.74) is 1.17. The van der Waals surface area contributed by atoms with Gasteiger partial charge in [0.1, 0.15) is 11.8 Å². The SMILES string of the molecule is N#Cc1cccc(-c2cccc(OC(F)(F)F)c2)c1Cl. The highest BCUT2D eigenvalue weighted by Gasteiger charge is 2.31. The summed E-state index contributed by atoms with van der Waals surface area (Å²) in [5, 5.41) is 9.08. The van der Waals surface area contributed by atoms with Crippen molar-refractivity contribution in [2.24, 2.45) is 0 Å². The zero-order valence-corrected chi connectivity index (χ0v) is 10.7. The van der Waals surface area contributed by atoms with E-state index >= 15 is 0 Å². The van der Waals surface area contributed by atoms with Crippen LogP contribution in [0.3, 0.4) is 0 Å². The average molecular weight is 298 g/mol. The second-order valence-electron chi connectivity index (χ2n) is 3.85. The van der Waals surface area contributed by atoms with Gasteiger partial charge in [0.05, 0.1) is 10.6 Å². The molecule has 0 aliphatic rings. The maximum absolute atomic E-state index is 12.2. The Bertz CT molecular complexity index is 677. The lowest BCUT2D eigenvalue weighted by Gasteiger charge is -2.11. The minimum Gasteiger partial charge on any atom is -0.406 e. The quantitative estimate of drug-likeness (QED) is 0.799. The van der Waals surface area contributed by atoms with E-state index in [-0.39, 0.29) is 16.3 Å². The average Bonchev–Trinajstić information content (AvgIpc) is 2.37. The number of nitrogens with zero attached hydrogens (tertiary/aromatic N) is 1. The van der Waals surface area contributed by atoms with Crippen molar-refractivity contribution in [1.82, 2.24) is 0 Å². The largest absolute Gasteiger partial charge is 0.573 e. The van der Waals surface area contributed by atoms with Gasteiger partial charge in [-0.15, -0.1) is 13.2 Å². The number of rotatable bonds is 2. The van der Waals surface area contributed by atoms with Gasteiger partial charge in [0.2, 0.25) is 0 Å². The highest BCUT2D eigenvalue weighted by Crippen LogP contribution is 2.33. The number of hydrogen-bond acceptors (Lipinski definition) is 2. The van der Waals surface area contributed by atoms with E-state index in [9.17, 15) is 13.2 Å². The van der Waals surface area contributed by atoms with Gasteiger partial charge in [-0.25, -0.2) is 0 Å². The lowest BCUT2D eigenvalue weighted by atomic mass is 10.0. The fourth-order valence-corrected chi connectivity index (χ4v) is 1.98. The molecule has 6 heteroatoms. The van der Waals surface area contributed by atoms with Crippen molar-refractivity contribution in [3.63, 3.8) is 0 Å². The first kappa shape index (κ1) is 14.2. The molecule has 0 aliphatic carbocycles. The van der Waals surface area contributed by atoms with Crippen LogP contribution >= 0.6 is 11.6 Å². The van der Waals surface area contributed by atoms with Gasteiger partial charge < -0.3 is 4.74 Å². The Labute approximate surface area is 118 Å². The minimum absolute atomic E-state index is 0.194. The van der Waals surface area contributed by atoms with Gasteiger partial charge in [-0.1, -0.05) is 35.9 Å². The summed E-state index contributed by atoms with van der Waals surface area (Å²) in [6.45, 7) is 0. The maximum atomic E-state index is 12.2. The molecule has 0 unspecified atom stereocenters. The van der Waals surface area contributed by atoms with Crippen molar-refractivity contribution >= 4 is 11.6 Å². The van der Waals surface area contributed by atoms with Crippen LogP contribution in [0.5, 0.6) is 5.75 Å². The van der Waals surface area contributed by atoms with Crippen molar-refractivity contribution in [3.8, 4) is 22.9 Å². The summed E-state index contributed by atoms with van der Waals surface area (Å²) in [6.07, 6.45) is -4.75. The van der Waals surface area contributed by atoms with Crippen molar-refractivity contribution in [2.75, 3.05) is 0 Å². The molecule has 0 radical (unpaired) electrons. The topological polar surface area (TPSA) is 33.0 Å². The van der Waals surface area contributed by atoms with Crippen LogP contribution in [-0.2, 0) is 0 Å². The predicted molar refractivity (Wildman–Crippen MR) is 68.3 cm³/mol. The number of benzene rings is 2. The number of hydrogen-bond donors (Lipinski definition) is 0. The van der Waals surface area contributed by atoms with Crippen LogP contribution in [0, 0.1) is 11.3 Å². The molecule has 0 saturated carbocycles. The third-order valence-corrected chi connectivity index (χ3v) is 2.90. The lowest BCUT2D eigenvalue weighted by Crippen LogP contribution is -2.17. The second kappa shape index (κ2) is 5.43. The summed E-state index contributed by atoms with van der Waals surface area (Å²) in [4.78, 5) is 0. The highest BCUT2D eigenvalue weighted by atomic mass is 35.5. The summed E-state index contributed by atoms with van der Waals surface area (Å²) < 4.78 is 40.4. The second-order valence-corrected chi connectivity index (χ2v) is 4.23. The Morgan fingerprint density at radius 1 is 1.10 bits per heavy atom. The summed E-state index contributed by atoms with van der Waals surface area (Å²) >= 11 is 6.04. The van der Waals surface area contributed by atoms with E-state index in [1.165, 1.54) is 24.3 Å². The lowest BCUT2D eigenvalue weighted by molar-refractivity contribution is -0.274. The van der Waals surface area contributed by atoms with Gasteiger partial charge >= 0.3 is 6.36 Å². The van der Waals surface area contributed by atoms with Crippen LogP contribution in [0.1, 0.15) is 5.56 Å². The zero-order chi connectivity index (χ0) is 14.8. The maximum Gasteiger partial charge on any atom is 0.573 e. The molecule has 20 heavy (non-hydrogen) atoms. The molecule has 0 atom stereocenters. The van der Waals surface area contributed by atoms with E-state index in [2.05, 4.69) is 4.74 Å². The number of nitriles is 1. The molecule has 2 rings (SSSR count). The van der Waals surface area contributed by atoms with Gasteiger partial charge in [0, 0.05) is 5.56 Å². The standard InChI is InChI=1S/C14H7ClF3NO/c15-13-10(8-19)4-2-6-12(13)9-3-1-5-11(7-9)20-14(16,17)18/h1-7H. The molecule has 0 fully saturated rings. The van der Waals surface area contributed by atoms with Gasteiger partial charge in [-0.3, -0.25) is 0 Å². The fourth-order valence-electron chi connectivity index (χ4n) is 1.70. The normalized spacial score (nSPS) is 10.9. The molecule has 0 N–H and O–H groups in total. The van der Waals surface area contributed by atoms with Crippen LogP contribution < -0.4 is 4.74 Å². The van der Waals surface area contributed by atoms with Crippen LogP contribution in [-0.4, -0.2) is 6.36 Å². The molecular formula is C14H7ClF3NO. The Hall–Kier alpha value is -2.19. The molecule has 2 aromatic carbocycles. The smallest absolute Gasteiger partial charge is 0.406 e. The number of halogens is 4. The summed E-state index contributed by atoms with van der Waals surface area (Å²) in [7, 11) is 0. The van der Waals surface area contributed by atoms with Crippen LogP contribution in [0.2, 0.25) is 5.02 Å². The van der Waals surface area contributed by atoms with E-state index in [1.807, 2.05) is 6.07 Å². The Balaban J connectivity index is 2.44. The van der Waals surface area contributed by atoms with Gasteiger partial charge in [-0.05, 0) is 23.8 Å². The van der Waals surface area contributed by atoms with Crippen LogP contribution in [0.4, 0.5) is 13.2 Å². The zero-order valence-electron chi connectivity index (χ0n) is 9.91. The van der Waals surface area contributed by atoms with Crippen molar-refractivity contribution in [3.05, 3.63) is 53.1 Å². The number of ether oxygens (including phenoxy) is 1. The Morgan fingerprint density at radius 2 is 1.80 bits per heavy atom. The minimum atomic E-state index is -4.75. The molecule has 102 valence electrons. The molecule has 2 nitrogen and oxygen atoms in total. The summed E-state index contributed by atoms with van der Waals surface area (Å²) in [5.74, 6) is -0.339. The first-order chi connectivity index (χ1) is 9.40. The molecule has 0 aromatic heterocycles. The monoisotopic (exact) mass is 297 g/mol. The predicted octanol–water partition coefficient (Wildman–Crippen LogP) is 4.78. The molecule has 0 amide bonds. The fraction of sp³-hybridized carbons (Fsp3) is 0.0714. The third-order valence-electron chi connectivity index (χ3n) is 2.50. The van der Waals surface area contributed by atoms with Crippen molar-refractivity contribution in [1.29, 1.82) is 5.26 Å². The van der Waals surface area contributed by atoms with Gasteiger partial charge in [-0.2, -0.15) is 5.26 Å². The van der Waals surface area contributed by atoms with Crippen molar-refractivity contribution in [2.45, 2.75) is 6.36 Å². The molecular weight excluding hydrogens is 291 g/mol. The first-order valence-corrected chi connectivity index (χ1v) is 5.83. The van der Waals surface area contributed by atoms with E-state index in [0.717, 1.165) is 0 Å². The number of alkyl halides is 3.